The largest absolute Gasteiger partial charge is 0.444 e. The number of rotatable bonds is 1. The topological polar surface area (TPSA) is 68.5 Å². The fourth-order valence-corrected chi connectivity index (χ4v) is 2.44. The minimum absolute atomic E-state index is 0.271. The average Bonchev–Trinajstić information content (AvgIpc) is 2.35. The zero-order valence-electron chi connectivity index (χ0n) is 13.6. The molecule has 0 unspecified atom stereocenters. The third kappa shape index (κ3) is 3.65. The van der Waals surface area contributed by atoms with E-state index in [9.17, 15) is 4.79 Å². The van der Waals surface area contributed by atoms with Crippen LogP contribution in [0, 0.1) is 0 Å². The number of aromatic nitrogens is 1. The van der Waals surface area contributed by atoms with Crippen molar-refractivity contribution in [3.8, 4) is 0 Å². The molecule has 2 heterocycles. The van der Waals surface area contributed by atoms with Crippen LogP contribution in [0.5, 0.6) is 0 Å². The lowest BCUT2D eigenvalue weighted by Gasteiger charge is -2.31. The van der Waals surface area contributed by atoms with Crippen LogP contribution in [0.3, 0.4) is 0 Å². The van der Waals surface area contributed by atoms with E-state index in [0.717, 1.165) is 29.1 Å². The molecule has 5 heteroatoms. The van der Waals surface area contributed by atoms with Crippen molar-refractivity contribution in [3.05, 3.63) is 23.0 Å². The predicted octanol–water partition coefficient (Wildman–Crippen LogP) is 3.08. The number of nitrogen functional groups attached to an aromatic ring is 1. The molecule has 5 nitrogen and oxygen atoms in total. The Kier molecular flexibility index (Phi) is 4.12. The zero-order chi connectivity index (χ0) is 15.8. The van der Waals surface area contributed by atoms with Gasteiger partial charge in [-0.3, -0.25) is 4.98 Å². The first-order chi connectivity index (χ1) is 9.67. The predicted molar refractivity (Wildman–Crippen MR) is 83.1 cm³/mol. The Balaban J connectivity index is 2.20. The number of hydrogen-bond acceptors (Lipinski definition) is 4. The van der Waals surface area contributed by atoms with Crippen molar-refractivity contribution in [2.24, 2.45) is 0 Å². The number of pyridine rings is 1. The summed E-state index contributed by atoms with van der Waals surface area (Å²) >= 11 is 0. The summed E-state index contributed by atoms with van der Waals surface area (Å²) in [6, 6.07) is 2.00. The first kappa shape index (κ1) is 15.6. The Morgan fingerprint density at radius 3 is 2.67 bits per heavy atom. The lowest BCUT2D eigenvalue weighted by molar-refractivity contribution is 0.0221. The Labute approximate surface area is 126 Å². The molecule has 0 aliphatic carbocycles. The highest BCUT2D eigenvalue weighted by molar-refractivity contribution is 5.68. The zero-order valence-corrected chi connectivity index (χ0v) is 13.6. The maximum atomic E-state index is 12.2. The highest BCUT2D eigenvalue weighted by Gasteiger charge is 2.27. The Bertz CT molecular complexity index is 547. The highest BCUT2D eigenvalue weighted by atomic mass is 16.6. The van der Waals surface area contributed by atoms with E-state index in [1.54, 1.807) is 4.90 Å². The van der Waals surface area contributed by atoms with Gasteiger partial charge < -0.3 is 15.4 Å². The van der Waals surface area contributed by atoms with Crippen LogP contribution in [0.15, 0.2) is 6.07 Å². The standard InChI is InChI=1S/C16H25N3O2/c1-10(2)14-12(17)8-11-6-7-19(9-13(11)18-14)15(20)21-16(3,4)5/h8,10H,6-7,9,17H2,1-5H3. The van der Waals surface area contributed by atoms with Crippen LogP contribution in [0.4, 0.5) is 10.5 Å². The molecule has 1 aliphatic heterocycles. The number of ether oxygens (including phenoxy) is 1. The summed E-state index contributed by atoms with van der Waals surface area (Å²) in [4.78, 5) is 18.5. The van der Waals surface area contributed by atoms with Crippen molar-refractivity contribution in [3.63, 3.8) is 0 Å². The van der Waals surface area contributed by atoms with E-state index in [1.807, 2.05) is 26.8 Å². The number of amides is 1. The molecule has 0 aromatic carbocycles. The number of nitrogens with two attached hydrogens (primary N) is 1. The van der Waals surface area contributed by atoms with Gasteiger partial charge >= 0.3 is 6.09 Å². The summed E-state index contributed by atoms with van der Waals surface area (Å²) in [6.07, 6.45) is 0.488. The van der Waals surface area contributed by atoms with Gasteiger partial charge in [0.15, 0.2) is 0 Å². The van der Waals surface area contributed by atoms with Gasteiger partial charge in [0.1, 0.15) is 5.60 Å². The molecule has 0 spiro atoms. The lowest BCUT2D eigenvalue weighted by Crippen LogP contribution is -2.40. The van der Waals surface area contributed by atoms with Crippen LogP contribution in [-0.2, 0) is 17.7 Å². The fourth-order valence-electron chi connectivity index (χ4n) is 2.44. The minimum atomic E-state index is -0.477. The fraction of sp³-hybridized carbons (Fsp3) is 0.625. The van der Waals surface area contributed by atoms with Crippen molar-refractivity contribution in [1.82, 2.24) is 9.88 Å². The van der Waals surface area contributed by atoms with Crippen LogP contribution >= 0.6 is 0 Å². The van der Waals surface area contributed by atoms with Crippen molar-refractivity contribution < 1.29 is 9.53 Å². The minimum Gasteiger partial charge on any atom is -0.444 e. The molecule has 0 saturated heterocycles. The molecule has 2 rings (SSSR count). The van der Waals surface area contributed by atoms with Gasteiger partial charge in [-0.1, -0.05) is 13.8 Å². The van der Waals surface area contributed by atoms with Gasteiger partial charge in [-0.25, -0.2) is 4.79 Å². The summed E-state index contributed by atoms with van der Waals surface area (Å²) in [7, 11) is 0. The summed E-state index contributed by atoms with van der Waals surface area (Å²) in [5, 5.41) is 0. The SMILES string of the molecule is CC(C)c1nc2c(cc1N)CCN(C(=O)OC(C)(C)C)C2. The van der Waals surface area contributed by atoms with Gasteiger partial charge in [0.2, 0.25) is 0 Å². The molecule has 1 aromatic heterocycles. The molecular weight excluding hydrogens is 266 g/mol. The maximum absolute atomic E-state index is 12.2. The molecular formula is C16H25N3O2. The van der Waals surface area contributed by atoms with Gasteiger partial charge in [0.25, 0.3) is 0 Å². The first-order valence-corrected chi connectivity index (χ1v) is 7.43. The van der Waals surface area contributed by atoms with E-state index >= 15 is 0 Å². The molecule has 0 saturated carbocycles. The van der Waals surface area contributed by atoms with Crippen LogP contribution in [0.1, 0.15) is 57.5 Å². The number of nitrogens with zero attached hydrogens (tertiary/aromatic N) is 2. The summed E-state index contributed by atoms with van der Waals surface area (Å²) in [5.41, 5.74) is 9.30. The molecule has 0 atom stereocenters. The van der Waals surface area contributed by atoms with Crippen molar-refractivity contribution >= 4 is 11.8 Å². The molecule has 0 fully saturated rings. The molecule has 1 amide bonds. The van der Waals surface area contributed by atoms with E-state index in [0.29, 0.717) is 13.1 Å². The monoisotopic (exact) mass is 291 g/mol. The second kappa shape index (κ2) is 5.54. The Morgan fingerprint density at radius 2 is 2.10 bits per heavy atom. The van der Waals surface area contributed by atoms with Gasteiger partial charge in [-0.15, -0.1) is 0 Å². The Morgan fingerprint density at radius 1 is 1.43 bits per heavy atom. The van der Waals surface area contributed by atoms with Gasteiger partial charge in [-0.05, 0) is 44.7 Å². The van der Waals surface area contributed by atoms with Crippen LogP contribution < -0.4 is 5.73 Å². The number of anilines is 1. The van der Waals surface area contributed by atoms with Crippen molar-refractivity contribution in [2.75, 3.05) is 12.3 Å². The van der Waals surface area contributed by atoms with Gasteiger partial charge in [-0.2, -0.15) is 0 Å². The lowest BCUT2D eigenvalue weighted by atomic mass is 10.0. The summed E-state index contributed by atoms with van der Waals surface area (Å²) in [5.74, 6) is 0.271. The van der Waals surface area contributed by atoms with E-state index in [2.05, 4.69) is 18.8 Å². The second-order valence-electron chi connectivity index (χ2n) is 6.88. The van der Waals surface area contributed by atoms with E-state index in [4.69, 9.17) is 10.5 Å². The molecule has 21 heavy (non-hydrogen) atoms. The summed E-state index contributed by atoms with van der Waals surface area (Å²) in [6.45, 7) is 10.9. The van der Waals surface area contributed by atoms with E-state index in [1.165, 1.54) is 0 Å². The van der Waals surface area contributed by atoms with E-state index < -0.39 is 5.60 Å². The van der Waals surface area contributed by atoms with Gasteiger partial charge in [0, 0.05) is 6.54 Å². The molecule has 1 aliphatic rings. The third-order valence-electron chi connectivity index (χ3n) is 3.44. The van der Waals surface area contributed by atoms with Crippen LogP contribution in [-0.4, -0.2) is 28.1 Å². The average molecular weight is 291 g/mol. The normalized spacial score (nSPS) is 15.0. The van der Waals surface area contributed by atoms with E-state index in [-0.39, 0.29) is 12.0 Å². The molecule has 2 N–H and O–H groups in total. The number of fused-ring (bicyclic) bond motifs is 1. The highest BCUT2D eigenvalue weighted by Crippen LogP contribution is 2.26. The Hall–Kier alpha value is -1.78. The number of carbonyl (C=O) groups excluding carboxylic acids is 1. The first-order valence-electron chi connectivity index (χ1n) is 7.43. The molecule has 116 valence electrons. The molecule has 0 radical (unpaired) electrons. The van der Waals surface area contributed by atoms with Crippen molar-refractivity contribution in [1.29, 1.82) is 0 Å². The van der Waals surface area contributed by atoms with Crippen LogP contribution in [0.2, 0.25) is 0 Å². The van der Waals surface area contributed by atoms with Crippen molar-refractivity contribution in [2.45, 2.75) is 59.1 Å². The number of hydrogen-bond donors (Lipinski definition) is 1. The number of carbonyl (C=O) groups is 1. The van der Waals surface area contributed by atoms with Crippen LogP contribution in [0.25, 0.3) is 0 Å². The smallest absolute Gasteiger partial charge is 0.410 e. The van der Waals surface area contributed by atoms with Gasteiger partial charge in [0.05, 0.1) is 23.6 Å². The summed E-state index contributed by atoms with van der Waals surface area (Å²) < 4.78 is 5.43. The maximum Gasteiger partial charge on any atom is 0.410 e. The molecule has 0 bridgehead atoms. The second-order valence-corrected chi connectivity index (χ2v) is 6.88. The quantitative estimate of drug-likeness (QED) is 0.863. The third-order valence-corrected chi connectivity index (χ3v) is 3.44. The molecule has 1 aromatic rings.